The van der Waals surface area contributed by atoms with Crippen LogP contribution < -0.4 is 0 Å². The molecule has 0 N–H and O–H groups in total. The predicted molar refractivity (Wildman–Crippen MR) is 73.8 cm³/mol. The SMILES string of the molecule is ClCCc1cn(CCCCc2ccccc2)nn1. The molecular weight excluding hydrogens is 246 g/mol. The van der Waals surface area contributed by atoms with Gasteiger partial charge in [0.25, 0.3) is 0 Å². The van der Waals surface area contributed by atoms with Gasteiger partial charge in [0.15, 0.2) is 0 Å². The minimum Gasteiger partial charge on any atom is -0.252 e. The molecule has 0 aliphatic rings. The van der Waals surface area contributed by atoms with Crippen molar-refractivity contribution < 1.29 is 0 Å². The molecule has 1 aromatic carbocycles. The second-order valence-corrected chi connectivity index (χ2v) is 4.73. The fraction of sp³-hybridized carbons (Fsp3) is 0.429. The summed E-state index contributed by atoms with van der Waals surface area (Å²) in [6, 6.07) is 10.6. The van der Waals surface area contributed by atoms with E-state index < -0.39 is 0 Å². The lowest BCUT2D eigenvalue weighted by Gasteiger charge is -2.01. The van der Waals surface area contributed by atoms with Gasteiger partial charge in [-0.25, -0.2) is 0 Å². The molecule has 1 heterocycles. The molecule has 2 rings (SSSR count). The molecule has 4 heteroatoms. The minimum atomic E-state index is 0.604. The van der Waals surface area contributed by atoms with Gasteiger partial charge in [0, 0.05) is 25.0 Å². The Morgan fingerprint density at radius 3 is 2.67 bits per heavy atom. The Hall–Kier alpha value is -1.35. The average Bonchev–Trinajstić information content (AvgIpc) is 2.84. The minimum absolute atomic E-state index is 0.604. The maximum Gasteiger partial charge on any atom is 0.0839 e. The summed E-state index contributed by atoms with van der Waals surface area (Å²) in [6.45, 7) is 0.933. The molecule has 0 amide bonds. The normalized spacial score (nSPS) is 10.7. The van der Waals surface area contributed by atoms with Crippen LogP contribution in [0.25, 0.3) is 0 Å². The Bertz CT molecular complexity index is 453. The maximum atomic E-state index is 5.66. The third-order valence-corrected chi connectivity index (χ3v) is 3.07. The van der Waals surface area contributed by atoms with Crippen molar-refractivity contribution in [1.29, 1.82) is 0 Å². The highest BCUT2D eigenvalue weighted by Crippen LogP contribution is 2.05. The summed E-state index contributed by atoms with van der Waals surface area (Å²) in [6.07, 6.45) is 6.22. The monoisotopic (exact) mass is 263 g/mol. The molecule has 0 spiro atoms. The van der Waals surface area contributed by atoms with Crippen LogP contribution in [0.4, 0.5) is 0 Å². The van der Waals surface area contributed by atoms with Crippen LogP contribution in [0.1, 0.15) is 24.1 Å². The van der Waals surface area contributed by atoms with Crippen LogP contribution in [0.5, 0.6) is 0 Å². The Morgan fingerprint density at radius 1 is 1.06 bits per heavy atom. The third kappa shape index (κ3) is 4.15. The lowest BCUT2D eigenvalue weighted by atomic mass is 10.1. The van der Waals surface area contributed by atoms with Crippen LogP contribution in [0.3, 0.4) is 0 Å². The highest BCUT2D eigenvalue weighted by atomic mass is 35.5. The Kier molecular flexibility index (Phi) is 5.21. The smallest absolute Gasteiger partial charge is 0.0839 e. The fourth-order valence-corrected chi connectivity index (χ4v) is 2.10. The zero-order chi connectivity index (χ0) is 12.6. The van der Waals surface area contributed by atoms with E-state index in [4.69, 9.17) is 11.6 Å². The van der Waals surface area contributed by atoms with E-state index in [9.17, 15) is 0 Å². The van der Waals surface area contributed by atoms with Gasteiger partial charge in [-0.05, 0) is 24.8 Å². The number of benzene rings is 1. The zero-order valence-electron chi connectivity index (χ0n) is 10.4. The lowest BCUT2D eigenvalue weighted by molar-refractivity contribution is 0.541. The maximum absolute atomic E-state index is 5.66. The van der Waals surface area contributed by atoms with Crippen molar-refractivity contribution in [3.63, 3.8) is 0 Å². The third-order valence-electron chi connectivity index (χ3n) is 2.88. The van der Waals surface area contributed by atoms with Crippen LogP contribution in [-0.4, -0.2) is 20.9 Å². The molecule has 1 aromatic heterocycles. The molecule has 0 unspecified atom stereocenters. The zero-order valence-corrected chi connectivity index (χ0v) is 11.2. The predicted octanol–water partition coefficient (Wildman–Crippen LogP) is 3.08. The molecule has 2 aromatic rings. The van der Waals surface area contributed by atoms with Gasteiger partial charge >= 0.3 is 0 Å². The molecule has 0 atom stereocenters. The van der Waals surface area contributed by atoms with E-state index in [-0.39, 0.29) is 0 Å². The number of alkyl halides is 1. The topological polar surface area (TPSA) is 30.7 Å². The van der Waals surface area contributed by atoms with Crippen LogP contribution in [0, 0.1) is 0 Å². The van der Waals surface area contributed by atoms with Crippen LogP contribution in [0.15, 0.2) is 36.5 Å². The van der Waals surface area contributed by atoms with Gasteiger partial charge in [-0.1, -0.05) is 35.5 Å². The molecule has 0 saturated carbocycles. The Labute approximate surface area is 113 Å². The molecule has 96 valence electrons. The number of hydrogen-bond donors (Lipinski definition) is 0. The van der Waals surface area contributed by atoms with Crippen molar-refractivity contribution in [1.82, 2.24) is 15.0 Å². The van der Waals surface area contributed by atoms with Crippen molar-refractivity contribution in [2.75, 3.05) is 5.88 Å². The molecule has 0 aliphatic carbocycles. The molecule has 0 saturated heterocycles. The summed E-state index contributed by atoms with van der Waals surface area (Å²) in [7, 11) is 0. The number of aryl methyl sites for hydroxylation is 3. The highest BCUT2D eigenvalue weighted by Gasteiger charge is 1.99. The van der Waals surface area contributed by atoms with Crippen molar-refractivity contribution in [3.05, 3.63) is 47.8 Å². The Morgan fingerprint density at radius 2 is 1.89 bits per heavy atom. The fourth-order valence-electron chi connectivity index (χ4n) is 1.91. The summed E-state index contributed by atoms with van der Waals surface area (Å²) >= 11 is 5.66. The second kappa shape index (κ2) is 7.17. The first-order chi connectivity index (χ1) is 8.88. The number of aromatic nitrogens is 3. The van der Waals surface area contributed by atoms with Gasteiger partial charge in [-0.2, -0.15) is 0 Å². The lowest BCUT2D eigenvalue weighted by Crippen LogP contribution is -1.99. The number of rotatable bonds is 7. The summed E-state index contributed by atoms with van der Waals surface area (Å²) in [5, 5.41) is 8.16. The first kappa shape index (κ1) is 13.1. The van der Waals surface area contributed by atoms with Crippen LogP contribution >= 0.6 is 11.6 Å². The summed E-state index contributed by atoms with van der Waals surface area (Å²) in [4.78, 5) is 0. The highest BCUT2D eigenvalue weighted by molar-refractivity contribution is 6.17. The van der Waals surface area contributed by atoms with Gasteiger partial charge in [0.05, 0.1) is 5.69 Å². The first-order valence-electron chi connectivity index (χ1n) is 6.37. The van der Waals surface area contributed by atoms with Crippen LogP contribution in [-0.2, 0) is 19.4 Å². The number of nitrogens with zero attached hydrogens (tertiary/aromatic N) is 3. The van der Waals surface area contributed by atoms with Crippen molar-refractivity contribution in [2.24, 2.45) is 0 Å². The quantitative estimate of drug-likeness (QED) is 0.568. The average molecular weight is 264 g/mol. The Balaban J connectivity index is 1.68. The molecular formula is C14H18ClN3. The molecule has 0 aliphatic heterocycles. The largest absolute Gasteiger partial charge is 0.252 e. The van der Waals surface area contributed by atoms with E-state index in [0.29, 0.717) is 5.88 Å². The number of hydrogen-bond acceptors (Lipinski definition) is 2. The number of halogens is 1. The molecule has 0 radical (unpaired) electrons. The van der Waals surface area contributed by atoms with E-state index in [1.807, 2.05) is 10.9 Å². The second-order valence-electron chi connectivity index (χ2n) is 4.35. The van der Waals surface area contributed by atoms with Gasteiger partial charge in [0.2, 0.25) is 0 Å². The van der Waals surface area contributed by atoms with Crippen molar-refractivity contribution >= 4 is 11.6 Å². The van der Waals surface area contributed by atoms with Gasteiger partial charge < -0.3 is 0 Å². The van der Waals surface area contributed by atoms with Crippen molar-refractivity contribution in [2.45, 2.75) is 32.2 Å². The summed E-state index contributed by atoms with van der Waals surface area (Å²) < 4.78 is 1.91. The van der Waals surface area contributed by atoms with Gasteiger partial charge in [-0.3, -0.25) is 4.68 Å². The number of unbranched alkanes of at least 4 members (excludes halogenated alkanes) is 1. The van der Waals surface area contributed by atoms with Crippen molar-refractivity contribution in [3.8, 4) is 0 Å². The summed E-state index contributed by atoms with van der Waals surface area (Å²) in [5.41, 5.74) is 2.38. The molecule has 0 fully saturated rings. The van der Waals surface area contributed by atoms with Gasteiger partial charge in [0.1, 0.15) is 0 Å². The first-order valence-corrected chi connectivity index (χ1v) is 6.91. The molecule has 0 bridgehead atoms. The van der Waals surface area contributed by atoms with E-state index in [1.54, 1.807) is 0 Å². The molecule has 3 nitrogen and oxygen atoms in total. The van der Waals surface area contributed by atoms with E-state index in [0.717, 1.165) is 31.5 Å². The van der Waals surface area contributed by atoms with Gasteiger partial charge in [-0.15, -0.1) is 16.7 Å². The summed E-state index contributed by atoms with van der Waals surface area (Å²) in [5.74, 6) is 0.604. The van der Waals surface area contributed by atoms with E-state index in [2.05, 4.69) is 40.6 Å². The van der Waals surface area contributed by atoms with Crippen LogP contribution in [0.2, 0.25) is 0 Å². The van der Waals surface area contributed by atoms with E-state index >= 15 is 0 Å². The standard InChI is InChI=1S/C14H18ClN3/c15-10-9-14-12-18(17-16-14)11-5-4-8-13-6-2-1-3-7-13/h1-3,6-7,12H,4-5,8-11H2. The van der Waals surface area contributed by atoms with E-state index in [1.165, 1.54) is 12.0 Å². The molecule has 18 heavy (non-hydrogen) atoms.